The standard InChI is InChI=1S/C14H19NO2/c15-14(11-7-8-16-9-11)10-1-3-12(4-2-10)17-13-5-6-13/h1-4,11,13-14H,5-9,15H2. The minimum Gasteiger partial charge on any atom is -0.490 e. The molecule has 0 radical (unpaired) electrons. The van der Waals surface area contributed by atoms with E-state index in [-0.39, 0.29) is 6.04 Å². The lowest BCUT2D eigenvalue weighted by atomic mass is 9.93. The van der Waals surface area contributed by atoms with Crippen molar-refractivity contribution in [3.8, 4) is 5.75 Å². The van der Waals surface area contributed by atoms with E-state index < -0.39 is 0 Å². The van der Waals surface area contributed by atoms with Crippen molar-refractivity contribution in [2.45, 2.75) is 31.4 Å². The second-order valence-electron chi connectivity index (χ2n) is 5.04. The third-order valence-electron chi connectivity index (χ3n) is 3.56. The van der Waals surface area contributed by atoms with Gasteiger partial charge in [-0.25, -0.2) is 0 Å². The quantitative estimate of drug-likeness (QED) is 0.867. The predicted octanol–water partition coefficient (Wildman–Crippen LogP) is 2.26. The van der Waals surface area contributed by atoms with Crippen LogP contribution in [0.5, 0.6) is 5.75 Å². The molecule has 92 valence electrons. The lowest BCUT2D eigenvalue weighted by Gasteiger charge is -2.18. The molecular weight excluding hydrogens is 214 g/mol. The number of hydrogen-bond donors (Lipinski definition) is 1. The predicted molar refractivity (Wildman–Crippen MR) is 65.9 cm³/mol. The highest BCUT2D eigenvalue weighted by molar-refractivity contribution is 5.30. The summed E-state index contributed by atoms with van der Waals surface area (Å²) in [6.45, 7) is 1.64. The number of ether oxygens (including phenoxy) is 2. The molecule has 1 aromatic carbocycles. The number of nitrogens with two attached hydrogens (primary N) is 1. The van der Waals surface area contributed by atoms with E-state index in [1.165, 1.54) is 18.4 Å². The summed E-state index contributed by atoms with van der Waals surface area (Å²) in [5, 5.41) is 0. The molecule has 2 aliphatic rings. The van der Waals surface area contributed by atoms with E-state index in [1.54, 1.807) is 0 Å². The molecule has 1 aliphatic heterocycles. The van der Waals surface area contributed by atoms with Crippen LogP contribution in [-0.2, 0) is 4.74 Å². The Kier molecular flexibility index (Phi) is 3.04. The molecule has 1 saturated heterocycles. The SMILES string of the molecule is NC(c1ccc(OC2CC2)cc1)C1CCOC1. The minimum absolute atomic E-state index is 0.0903. The summed E-state index contributed by atoms with van der Waals surface area (Å²) < 4.78 is 11.1. The zero-order valence-electron chi connectivity index (χ0n) is 9.97. The molecule has 0 spiro atoms. The van der Waals surface area contributed by atoms with E-state index in [4.69, 9.17) is 15.2 Å². The molecule has 2 atom stereocenters. The fraction of sp³-hybridized carbons (Fsp3) is 0.571. The minimum atomic E-state index is 0.0903. The fourth-order valence-corrected chi connectivity index (χ4v) is 2.26. The van der Waals surface area contributed by atoms with E-state index >= 15 is 0 Å². The Labute approximate surface area is 102 Å². The van der Waals surface area contributed by atoms with Gasteiger partial charge in [0, 0.05) is 18.6 Å². The zero-order chi connectivity index (χ0) is 11.7. The molecule has 2 fully saturated rings. The van der Waals surface area contributed by atoms with Crippen LogP contribution in [0.3, 0.4) is 0 Å². The average Bonchev–Trinajstić information content (AvgIpc) is 3.00. The zero-order valence-corrected chi connectivity index (χ0v) is 9.97. The summed E-state index contributed by atoms with van der Waals surface area (Å²) in [5.41, 5.74) is 7.43. The van der Waals surface area contributed by atoms with Crippen LogP contribution in [-0.4, -0.2) is 19.3 Å². The average molecular weight is 233 g/mol. The van der Waals surface area contributed by atoms with Gasteiger partial charge in [-0.05, 0) is 37.0 Å². The van der Waals surface area contributed by atoms with Crippen LogP contribution in [0.4, 0.5) is 0 Å². The highest BCUT2D eigenvalue weighted by Crippen LogP contribution is 2.30. The van der Waals surface area contributed by atoms with Crippen LogP contribution in [0.2, 0.25) is 0 Å². The Morgan fingerprint density at radius 1 is 1.18 bits per heavy atom. The number of rotatable bonds is 4. The van der Waals surface area contributed by atoms with Gasteiger partial charge in [-0.1, -0.05) is 12.1 Å². The van der Waals surface area contributed by atoms with Crippen molar-refractivity contribution in [3.63, 3.8) is 0 Å². The Balaban J connectivity index is 1.65. The summed E-state index contributed by atoms with van der Waals surface area (Å²) in [4.78, 5) is 0. The molecule has 1 saturated carbocycles. The van der Waals surface area contributed by atoms with E-state index in [2.05, 4.69) is 12.1 Å². The molecule has 3 rings (SSSR count). The monoisotopic (exact) mass is 233 g/mol. The van der Waals surface area contributed by atoms with E-state index in [0.717, 1.165) is 25.4 Å². The maximum Gasteiger partial charge on any atom is 0.119 e. The molecule has 1 aromatic rings. The summed E-state index contributed by atoms with van der Waals surface area (Å²) in [7, 11) is 0. The smallest absolute Gasteiger partial charge is 0.119 e. The summed E-state index contributed by atoms with van der Waals surface area (Å²) in [5.74, 6) is 1.43. The molecule has 0 amide bonds. The van der Waals surface area contributed by atoms with Gasteiger partial charge in [-0.15, -0.1) is 0 Å². The largest absolute Gasteiger partial charge is 0.490 e. The summed E-state index contributed by atoms with van der Waals surface area (Å²) in [6.07, 6.45) is 3.92. The van der Waals surface area contributed by atoms with Crippen LogP contribution in [0.15, 0.2) is 24.3 Å². The fourth-order valence-electron chi connectivity index (χ4n) is 2.26. The van der Waals surface area contributed by atoms with Gasteiger partial charge in [0.2, 0.25) is 0 Å². The number of hydrogen-bond acceptors (Lipinski definition) is 3. The molecule has 3 heteroatoms. The molecule has 1 aliphatic carbocycles. The molecular formula is C14H19NO2. The van der Waals surface area contributed by atoms with Gasteiger partial charge in [-0.2, -0.15) is 0 Å². The first kappa shape index (κ1) is 11.1. The van der Waals surface area contributed by atoms with Crippen LogP contribution < -0.4 is 10.5 Å². The third kappa shape index (κ3) is 2.61. The normalized spacial score (nSPS) is 25.8. The maximum atomic E-state index is 6.24. The van der Waals surface area contributed by atoms with Gasteiger partial charge in [0.1, 0.15) is 5.75 Å². The van der Waals surface area contributed by atoms with E-state index in [1.807, 2.05) is 12.1 Å². The lowest BCUT2D eigenvalue weighted by Crippen LogP contribution is -2.21. The third-order valence-corrected chi connectivity index (χ3v) is 3.56. The van der Waals surface area contributed by atoms with Crippen molar-refractivity contribution in [2.24, 2.45) is 11.7 Å². The topological polar surface area (TPSA) is 44.5 Å². The lowest BCUT2D eigenvalue weighted by molar-refractivity contribution is 0.181. The van der Waals surface area contributed by atoms with E-state index in [9.17, 15) is 0 Å². The first-order chi connectivity index (χ1) is 8.33. The summed E-state index contributed by atoms with van der Waals surface area (Å²) >= 11 is 0. The maximum absolute atomic E-state index is 6.24. The van der Waals surface area contributed by atoms with Crippen LogP contribution >= 0.6 is 0 Å². The van der Waals surface area contributed by atoms with Crippen molar-refractivity contribution < 1.29 is 9.47 Å². The second kappa shape index (κ2) is 4.67. The van der Waals surface area contributed by atoms with Crippen LogP contribution in [0.1, 0.15) is 30.9 Å². The molecule has 2 N–H and O–H groups in total. The molecule has 1 heterocycles. The summed E-state index contributed by atoms with van der Waals surface area (Å²) in [6, 6.07) is 8.32. The Bertz CT molecular complexity index is 366. The first-order valence-corrected chi connectivity index (χ1v) is 6.43. The van der Waals surface area contributed by atoms with Gasteiger partial charge in [0.25, 0.3) is 0 Å². The molecule has 2 unspecified atom stereocenters. The molecule has 0 bridgehead atoms. The van der Waals surface area contributed by atoms with Crippen LogP contribution in [0.25, 0.3) is 0 Å². The van der Waals surface area contributed by atoms with Gasteiger partial charge in [-0.3, -0.25) is 0 Å². The molecule has 17 heavy (non-hydrogen) atoms. The Morgan fingerprint density at radius 3 is 2.53 bits per heavy atom. The van der Waals surface area contributed by atoms with Crippen molar-refractivity contribution in [1.29, 1.82) is 0 Å². The van der Waals surface area contributed by atoms with E-state index in [0.29, 0.717) is 12.0 Å². The van der Waals surface area contributed by atoms with Crippen molar-refractivity contribution in [2.75, 3.05) is 13.2 Å². The Hall–Kier alpha value is -1.06. The van der Waals surface area contributed by atoms with Crippen molar-refractivity contribution in [1.82, 2.24) is 0 Å². The van der Waals surface area contributed by atoms with Gasteiger partial charge in [0.05, 0.1) is 12.7 Å². The van der Waals surface area contributed by atoms with Gasteiger partial charge >= 0.3 is 0 Å². The second-order valence-corrected chi connectivity index (χ2v) is 5.04. The van der Waals surface area contributed by atoms with Gasteiger partial charge in [0.15, 0.2) is 0 Å². The number of benzene rings is 1. The molecule has 3 nitrogen and oxygen atoms in total. The van der Waals surface area contributed by atoms with Crippen molar-refractivity contribution >= 4 is 0 Å². The first-order valence-electron chi connectivity index (χ1n) is 6.43. The van der Waals surface area contributed by atoms with Crippen molar-refractivity contribution in [3.05, 3.63) is 29.8 Å². The molecule has 0 aromatic heterocycles. The Morgan fingerprint density at radius 2 is 1.94 bits per heavy atom. The highest BCUT2D eigenvalue weighted by Gasteiger charge is 2.25. The van der Waals surface area contributed by atoms with Crippen LogP contribution in [0, 0.1) is 5.92 Å². The van der Waals surface area contributed by atoms with Gasteiger partial charge < -0.3 is 15.2 Å². The highest BCUT2D eigenvalue weighted by atomic mass is 16.5.